The molecule has 5 heteroatoms. The van der Waals surface area contributed by atoms with Gasteiger partial charge in [-0.05, 0) is 29.6 Å². The van der Waals surface area contributed by atoms with Crippen LogP contribution in [0.4, 0.5) is 10.8 Å². The quantitative estimate of drug-likeness (QED) is 0.782. The predicted molar refractivity (Wildman–Crippen MR) is 64.1 cm³/mol. The van der Waals surface area contributed by atoms with Crippen LogP contribution >= 0.6 is 23.3 Å². The highest BCUT2D eigenvalue weighted by molar-refractivity contribution is 7.99. The van der Waals surface area contributed by atoms with E-state index < -0.39 is 0 Å². The molecule has 0 radical (unpaired) electrons. The van der Waals surface area contributed by atoms with Crippen LogP contribution in [0.15, 0.2) is 4.90 Å². The summed E-state index contributed by atoms with van der Waals surface area (Å²) in [5.74, 6) is 0.656. The molecule has 2 rings (SSSR count). The van der Waals surface area contributed by atoms with Gasteiger partial charge in [-0.3, -0.25) is 0 Å². The fourth-order valence-electron chi connectivity index (χ4n) is 1.46. The molecule has 0 saturated heterocycles. The van der Waals surface area contributed by atoms with Crippen LogP contribution in [-0.4, -0.2) is 16.7 Å². The molecule has 0 spiro atoms. The molecule has 3 N–H and O–H groups in total. The van der Waals surface area contributed by atoms with Gasteiger partial charge in [0, 0.05) is 6.04 Å². The molecule has 1 fully saturated rings. The number of thioether (sulfide) groups is 1. The molecule has 1 heterocycles. The molecule has 3 nitrogen and oxygen atoms in total. The Morgan fingerprint density at radius 3 is 2.79 bits per heavy atom. The summed E-state index contributed by atoms with van der Waals surface area (Å²) in [5.41, 5.74) is 6.19. The summed E-state index contributed by atoms with van der Waals surface area (Å²) in [6, 6.07) is 0.591. The number of hydrogen-bond acceptors (Lipinski definition) is 5. The zero-order valence-electron chi connectivity index (χ0n) is 8.63. The second kappa shape index (κ2) is 3.31. The first-order valence-corrected chi connectivity index (χ1v) is 6.60. The average molecular weight is 229 g/mol. The van der Waals surface area contributed by atoms with E-state index in [1.54, 1.807) is 11.8 Å². The topological polar surface area (TPSA) is 50.9 Å². The summed E-state index contributed by atoms with van der Waals surface area (Å²) < 4.78 is 4.15. The van der Waals surface area contributed by atoms with Gasteiger partial charge in [0.25, 0.3) is 0 Å². The van der Waals surface area contributed by atoms with Gasteiger partial charge in [-0.2, -0.15) is 4.37 Å². The number of nitrogen functional groups attached to an aromatic ring is 1. The van der Waals surface area contributed by atoms with Gasteiger partial charge in [-0.15, -0.1) is 11.8 Å². The van der Waals surface area contributed by atoms with Gasteiger partial charge in [0.1, 0.15) is 5.00 Å². The minimum absolute atomic E-state index is 0.439. The number of nitrogens with two attached hydrogens (primary N) is 1. The average Bonchev–Trinajstić information content (AvgIpc) is 2.55. The Labute approximate surface area is 92.6 Å². The van der Waals surface area contributed by atoms with Crippen molar-refractivity contribution in [1.29, 1.82) is 0 Å². The molecule has 0 aromatic carbocycles. The number of anilines is 2. The van der Waals surface area contributed by atoms with E-state index in [0.29, 0.717) is 17.3 Å². The molecule has 0 aliphatic heterocycles. The second-order valence-corrected chi connectivity index (χ2v) is 5.91. The van der Waals surface area contributed by atoms with E-state index in [-0.39, 0.29) is 0 Å². The highest BCUT2D eigenvalue weighted by Crippen LogP contribution is 2.48. The second-order valence-electron chi connectivity index (χ2n) is 4.32. The smallest absolute Gasteiger partial charge is 0.153 e. The van der Waals surface area contributed by atoms with Crippen LogP contribution in [0.1, 0.15) is 20.3 Å². The molecule has 14 heavy (non-hydrogen) atoms. The number of hydrogen-bond donors (Lipinski definition) is 2. The number of nitrogens with one attached hydrogen (secondary N) is 1. The van der Waals surface area contributed by atoms with Crippen LogP contribution in [0.25, 0.3) is 0 Å². The van der Waals surface area contributed by atoms with Crippen molar-refractivity contribution in [2.24, 2.45) is 5.41 Å². The number of nitrogens with zero attached hydrogens (tertiary/aromatic N) is 1. The third kappa shape index (κ3) is 1.70. The third-order valence-electron chi connectivity index (χ3n) is 2.70. The van der Waals surface area contributed by atoms with E-state index in [0.717, 1.165) is 9.90 Å². The first kappa shape index (κ1) is 10.1. The molecule has 1 aromatic rings. The Hall–Kier alpha value is -0.420. The summed E-state index contributed by atoms with van der Waals surface area (Å²) in [6.07, 6.45) is 3.27. The van der Waals surface area contributed by atoms with Crippen LogP contribution in [0.5, 0.6) is 0 Å². The van der Waals surface area contributed by atoms with Gasteiger partial charge in [0.05, 0.1) is 4.90 Å². The lowest BCUT2D eigenvalue weighted by molar-refractivity contribution is 0.631. The van der Waals surface area contributed by atoms with Crippen molar-refractivity contribution >= 4 is 34.1 Å². The van der Waals surface area contributed by atoms with E-state index in [9.17, 15) is 0 Å². The summed E-state index contributed by atoms with van der Waals surface area (Å²) in [6.45, 7) is 4.54. The molecule has 1 unspecified atom stereocenters. The van der Waals surface area contributed by atoms with Crippen LogP contribution < -0.4 is 11.1 Å². The molecule has 1 aliphatic carbocycles. The van der Waals surface area contributed by atoms with Crippen LogP contribution in [-0.2, 0) is 0 Å². The molecular weight excluding hydrogens is 214 g/mol. The Kier molecular flexibility index (Phi) is 2.39. The van der Waals surface area contributed by atoms with Gasteiger partial charge in [-0.25, -0.2) is 0 Å². The minimum Gasteiger partial charge on any atom is -0.382 e. The molecule has 0 amide bonds. The Bertz CT molecular complexity index is 346. The fraction of sp³-hybridized carbons (Fsp3) is 0.667. The van der Waals surface area contributed by atoms with E-state index in [2.05, 4.69) is 23.5 Å². The summed E-state index contributed by atoms with van der Waals surface area (Å²) in [7, 11) is 0. The maximum atomic E-state index is 5.75. The van der Waals surface area contributed by atoms with Crippen LogP contribution in [0, 0.1) is 5.41 Å². The van der Waals surface area contributed by atoms with E-state index in [1.165, 1.54) is 18.0 Å². The standard InChI is InChI=1S/C9H15N3S2/c1-9(2)4-5(9)11-8-6(13-3)7(10)12-14-8/h5,11H,4H2,1-3H3,(H2,10,12). The van der Waals surface area contributed by atoms with Crippen LogP contribution in [0.2, 0.25) is 0 Å². The maximum Gasteiger partial charge on any atom is 0.153 e. The normalized spacial score (nSPS) is 23.5. The molecule has 1 aromatic heterocycles. The lowest BCUT2D eigenvalue weighted by Crippen LogP contribution is -2.07. The fourth-order valence-corrected chi connectivity index (χ4v) is 3.04. The first-order chi connectivity index (χ1) is 6.54. The highest BCUT2D eigenvalue weighted by atomic mass is 32.2. The van der Waals surface area contributed by atoms with Crippen molar-refractivity contribution in [1.82, 2.24) is 4.37 Å². The van der Waals surface area contributed by atoms with Gasteiger partial charge in [0.2, 0.25) is 0 Å². The minimum atomic E-state index is 0.439. The van der Waals surface area contributed by atoms with Gasteiger partial charge >= 0.3 is 0 Å². The van der Waals surface area contributed by atoms with Gasteiger partial charge in [0.15, 0.2) is 5.82 Å². The largest absolute Gasteiger partial charge is 0.382 e. The summed E-state index contributed by atoms with van der Waals surface area (Å²) in [5, 5.41) is 4.63. The zero-order chi connectivity index (χ0) is 10.3. The molecule has 1 aliphatic rings. The third-order valence-corrected chi connectivity index (χ3v) is 4.44. The van der Waals surface area contributed by atoms with Crippen molar-refractivity contribution in [3.63, 3.8) is 0 Å². The lowest BCUT2D eigenvalue weighted by atomic mass is 10.2. The molecule has 0 bridgehead atoms. The monoisotopic (exact) mass is 229 g/mol. The Morgan fingerprint density at radius 2 is 2.29 bits per heavy atom. The van der Waals surface area contributed by atoms with Crippen molar-refractivity contribution < 1.29 is 0 Å². The van der Waals surface area contributed by atoms with Gasteiger partial charge in [-0.1, -0.05) is 13.8 Å². The van der Waals surface area contributed by atoms with E-state index in [4.69, 9.17) is 5.73 Å². The molecule has 1 atom stereocenters. The lowest BCUT2D eigenvalue weighted by Gasteiger charge is -2.06. The Morgan fingerprint density at radius 1 is 1.64 bits per heavy atom. The van der Waals surface area contributed by atoms with E-state index in [1.807, 2.05) is 6.26 Å². The first-order valence-electron chi connectivity index (χ1n) is 4.60. The molecule has 78 valence electrons. The van der Waals surface area contributed by atoms with Crippen molar-refractivity contribution in [2.75, 3.05) is 17.3 Å². The van der Waals surface area contributed by atoms with Gasteiger partial charge < -0.3 is 11.1 Å². The van der Waals surface area contributed by atoms with Crippen molar-refractivity contribution in [3.05, 3.63) is 0 Å². The number of rotatable bonds is 3. The molecule has 1 saturated carbocycles. The number of aromatic nitrogens is 1. The summed E-state index contributed by atoms with van der Waals surface area (Å²) in [4.78, 5) is 1.10. The van der Waals surface area contributed by atoms with E-state index >= 15 is 0 Å². The summed E-state index contributed by atoms with van der Waals surface area (Å²) >= 11 is 3.12. The van der Waals surface area contributed by atoms with Crippen LogP contribution in [0.3, 0.4) is 0 Å². The zero-order valence-corrected chi connectivity index (χ0v) is 10.3. The predicted octanol–water partition coefficient (Wildman–Crippen LogP) is 2.66. The van der Waals surface area contributed by atoms with Crippen molar-refractivity contribution in [2.45, 2.75) is 31.2 Å². The van der Waals surface area contributed by atoms with Crippen molar-refractivity contribution in [3.8, 4) is 0 Å². The molecular formula is C9H15N3S2. The Balaban J connectivity index is 2.10. The maximum absolute atomic E-state index is 5.75. The SMILES string of the molecule is CSc1c(N)nsc1NC1CC1(C)C. The highest BCUT2D eigenvalue weighted by Gasteiger charge is 2.46.